The van der Waals surface area contributed by atoms with Crippen LogP contribution in [0.25, 0.3) is 0 Å². The second-order valence-corrected chi connectivity index (χ2v) is 5.58. The third-order valence-corrected chi connectivity index (χ3v) is 3.65. The molecule has 0 spiro atoms. The Morgan fingerprint density at radius 2 is 2.19 bits per heavy atom. The molecule has 0 bridgehead atoms. The third-order valence-electron chi connectivity index (χ3n) is 2.25. The van der Waals surface area contributed by atoms with Crippen molar-refractivity contribution in [2.75, 3.05) is 18.8 Å². The summed E-state index contributed by atoms with van der Waals surface area (Å²) in [5.41, 5.74) is 0. The zero-order valence-electron chi connectivity index (χ0n) is 9.56. The summed E-state index contributed by atoms with van der Waals surface area (Å²) in [6.07, 6.45) is 1.62. The summed E-state index contributed by atoms with van der Waals surface area (Å²) in [6.45, 7) is 4.54. The normalized spacial score (nSPS) is 13.9. The van der Waals surface area contributed by atoms with Crippen LogP contribution < -0.4 is 10.0 Å². The highest BCUT2D eigenvalue weighted by molar-refractivity contribution is 7.89. The quantitative estimate of drug-likeness (QED) is 0.700. The molecule has 1 aromatic heterocycles. The summed E-state index contributed by atoms with van der Waals surface area (Å²) in [7, 11) is -3.08. The van der Waals surface area contributed by atoms with E-state index in [0.717, 1.165) is 5.76 Å². The first-order valence-corrected chi connectivity index (χ1v) is 6.94. The van der Waals surface area contributed by atoms with Gasteiger partial charge in [-0.3, -0.25) is 0 Å². The molecule has 0 aliphatic heterocycles. The molecular weight excluding hydrogens is 228 g/mol. The fourth-order valence-corrected chi connectivity index (χ4v) is 1.85. The number of hydrogen-bond acceptors (Lipinski definition) is 4. The summed E-state index contributed by atoms with van der Waals surface area (Å²) in [5, 5.41) is 3.16. The summed E-state index contributed by atoms with van der Waals surface area (Å²) >= 11 is 0. The van der Waals surface area contributed by atoms with Crippen LogP contribution >= 0.6 is 0 Å². The number of sulfonamides is 1. The van der Waals surface area contributed by atoms with Gasteiger partial charge in [-0.1, -0.05) is 0 Å². The molecule has 1 aromatic rings. The molecule has 0 radical (unpaired) electrons. The van der Waals surface area contributed by atoms with E-state index in [-0.39, 0.29) is 11.8 Å². The van der Waals surface area contributed by atoms with Crippen LogP contribution in [0.4, 0.5) is 0 Å². The number of rotatable bonds is 7. The van der Waals surface area contributed by atoms with Crippen LogP contribution in [0.5, 0.6) is 0 Å². The Hall–Kier alpha value is -0.850. The summed E-state index contributed by atoms with van der Waals surface area (Å²) in [5.74, 6) is 0.958. The zero-order valence-corrected chi connectivity index (χ0v) is 10.4. The highest BCUT2D eigenvalue weighted by atomic mass is 32.2. The molecule has 92 valence electrons. The molecule has 1 unspecified atom stereocenters. The van der Waals surface area contributed by atoms with Gasteiger partial charge in [-0.15, -0.1) is 0 Å². The lowest BCUT2D eigenvalue weighted by molar-refractivity contribution is 0.432. The van der Waals surface area contributed by atoms with Gasteiger partial charge in [-0.05, 0) is 26.0 Å². The SMILES string of the molecule is CCS(=O)(=O)NCCNC(C)c1ccco1. The van der Waals surface area contributed by atoms with Gasteiger partial charge in [-0.2, -0.15) is 0 Å². The summed E-state index contributed by atoms with van der Waals surface area (Å²) < 4.78 is 29.9. The second-order valence-electron chi connectivity index (χ2n) is 3.49. The lowest BCUT2D eigenvalue weighted by Crippen LogP contribution is -2.33. The Bertz CT molecular complexity index is 386. The molecule has 16 heavy (non-hydrogen) atoms. The van der Waals surface area contributed by atoms with E-state index in [0.29, 0.717) is 13.1 Å². The van der Waals surface area contributed by atoms with Crippen molar-refractivity contribution in [3.8, 4) is 0 Å². The minimum Gasteiger partial charge on any atom is -0.468 e. The van der Waals surface area contributed by atoms with Crippen LogP contribution in [0.1, 0.15) is 25.6 Å². The maximum absolute atomic E-state index is 11.1. The summed E-state index contributed by atoms with van der Waals surface area (Å²) in [6, 6.07) is 3.79. The van der Waals surface area contributed by atoms with Crippen LogP contribution in [-0.2, 0) is 10.0 Å². The van der Waals surface area contributed by atoms with E-state index in [4.69, 9.17) is 4.42 Å². The number of nitrogens with one attached hydrogen (secondary N) is 2. The monoisotopic (exact) mass is 246 g/mol. The first-order chi connectivity index (χ1) is 7.55. The van der Waals surface area contributed by atoms with Crippen molar-refractivity contribution in [1.29, 1.82) is 0 Å². The molecule has 0 fully saturated rings. The molecular formula is C10H18N2O3S. The van der Waals surface area contributed by atoms with Crippen molar-refractivity contribution in [2.45, 2.75) is 19.9 Å². The topological polar surface area (TPSA) is 71.3 Å². The molecule has 1 rings (SSSR count). The van der Waals surface area contributed by atoms with E-state index in [1.807, 2.05) is 19.1 Å². The highest BCUT2D eigenvalue weighted by Gasteiger charge is 2.08. The average Bonchev–Trinajstić information content (AvgIpc) is 2.77. The van der Waals surface area contributed by atoms with Gasteiger partial charge in [-0.25, -0.2) is 13.1 Å². The molecule has 0 saturated heterocycles. The Balaban J connectivity index is 2.22. The molecule has 1 atom stereocenters. The van der Waals surface area contributed by atoms with Gasteiger partial charge in [0, 0.05) is 13.1 Å². The third kappa shape index (κ3) is 4.34. The zero-order chi connectivity index (χ0) is 12.0. The Kier molecular flexibility index (Phi) is 4.98. The van der Waals surface area contributed by atoms with Crippen molar-refractivity contribution < 1.29 is 12.8 Å². The number of furan rings is 1. The van der Waals surface area contributed by atoms with Gasteiger partial charge in [0.05, 0.1) is 18.1 Å². The Labute approximate surface area is 96.3 Å². The maximum atomic E-state index is 11.1. The number of hydrogen-bond donors (Lipinski definition) is 2. The molecule has 2 N–H and O–H groups in total. The minimum atomic E-state index is -3.08. The minimum absolute atomic E-state index is 0.0844. The van der Waals surface area contributed by atoms with Crippen molar-refractivity contribution in [2.24, 2.45) is 0 Å². The lowest BCUT2D eigenvalue weighted by atomic mass is 10.2. The van der Waals surface area contributed by atoms with E-state index >= 15 is 0 Å². The fourth-order valence-electron chi connectivity index (χ4n) is 1.24. The van der Waals surface area contributed by atoms with Crippen molar-refractivity contribution >= 4 is 10.0 Å². The molecule has 6 heteroatoms. The molecule has 0 aliphatic carbocycles. The van der Waals surface area contributed by atoms with Gasteiger partial charge >= 0.3 is 0 Å². The van der Waals surface area contributed by atoms with Crippen LogP contribution in [-0.4, -0.2) is 27.3 Å². The molecule has 0 saturated carbocycles. The van der Waals surface area contributed by atoms with Gasteiger partial charge in [0.15, 0.2) is 0 Å². The predicted molar refractivity (Wildman–Crippen MR) is 62.6 cm³/mol. The molecule has 1 heterocycles. The average molecular weight is 246 g/mol. The molecule has 0 aromatic carbocycles. The Morgan fingerprint density at radius 3 is 2.75 bits per heavy atom. The maximum Gasteiger partial charge on any atom is 0.211 e. The van der Waals surface area contributed by atoms with E-state index in [1.54, 1.807) is 13.2 Å². The smallest absolute Gasteiger partial charge is 0.211 e. The molecule has 0 aliphatic rings. The Morgan fingerprint density at radius 1 is 1.44 bits per heavy atom. The van der Waals surface area contributed by atoms with Gasteiger partial charge in [0.2, 0.25) is 10.0 Å². The van der Waals surface area contributed by atoms with Gasteiger partial charge in [0.1, 0.15) is 5.76 Å². The highest BCUT2D eigenvalue weighted by Crippen LogP contribution is 2.11. The standard InChI is InChI=1S/C10H18N2O3S/c1-3-16(13,14)12-7-6-11-9(2)10-5-4-8-15-10/h4-5,8-9,11-12H,3,6-7H2,1-2H3. The first kappa shape index (κ1) is 13.2. The van der Waals surface area contributed by atoms with Crippen LogP contribution in [0.3, 0.4) is 0 Å². The molecule has 0 amide bonds. The lowest BCUT2D eigenvalue weighted by Gasteiger charge is -2.11. The van der Waals surface area contributed by atoms with Gasteiger partial charge < -0.3 is 9.73 Å². The van der Waals surface area contributed by atoms with Crippen LogP contribution in [0.15, 0.2) is 22.8 Å². The second kappa shape index (κ2) is 6.03. The largest absolute Gasteiger partial charge is 0.468 e. The van der Waals surface area contributed by atoms with E-state index < -0.39 is 10.0 Å². The van der Waals surface area contributed by atoms with Crippen molar-refractivity contribution in [3.05, 3.63) is 24.2 Å². The van der Waals surface area contributed by atoms with Crippen molar-refractivity contribution in [1.82, 2.24) is 10.0 Å². The van der Waals surface area contributed by atoms with E-state index in [2.05, 4.69) is 10.0 Å². The van der Waals surface area contributed by atoms with E-state index in [1.165, 1.54) is 0 Å². The fraction of sp³-hybridized carbons (Fsp3) is 0.600. The van der Waals surface area contributed by atoms with Crippen molar-refractivity contribution in [3.63, 3.8) is 0 Å². The predicted octanol–water partition coefficient (Wildman–Crippen LogP) is 0.869. The van der Waals surface area contributed by atoms with E-state index in [9.17, 15) is 8.42 Å². The van der Waals surface area contributed by atoms with Gasteiger partial charge in [0.25, 0.3) is 0 Å². The first-order valence-electron chi connectivity index (χ1n) is 5.29. The molecule has 5 nitrogen and oxygen atoms in total. The van der Waals surface area contributed by atoms with Crippen LogP contribution in [0, 0.1) is 0 Å². The summed E-state index contributed by atoms with van der Waals surface area (Å²) in [4.78, 5) is 0. The van der Waals surface area contributed by atoms with Crippen LogP contribution in [0.2, 0.25) is 0 Å².